The Morgan fingerprint density at radius 1 is 1.35 bits per heavy atom. The first-order chi connectivity index (χ1) is 11.1. The third-order valence-electron chi connectivity index (χ3n) is 4.85. The van der Waals surface area contributed by atoms with E-state index in [1.54, 1.807) is 4.90 Å². The zero-order valence-corrected chi connectivity index (χ0v) is 13.4. The second-order valence-corrected chi connectivity index (χ2v) is 6.33. The topological polar surface area (TPSA) is 72.9 Å². The minimum Gasteiger partial charge on any atom is -0.396 e. The van der Waals surface area contributed by atoms with Gasteiger partial charge in [0.25, 0.3) is 0 Å². The van der Waals surface area contributed by atoms with Crippen LogP contribution in [0.15, 0.2) is 24.3 Å². The zero-order valence-electron chi connectivity index (χ0n) is 13.4. The summed E-state index contributed by atoms with van der Waals surface area (Å²) < 4.78 is 0. The number of benzene rings is 1. The predicted octanol–water partition coefficient (Wildman–Crippen LogP) is 1.06. The summed E-state index contributed by atoms with van der Waals surface area (Å²) in [4.78, 5) is 28.5. The smallest absolute Gasteiger partial charge is 0.244 e. The van der Waals surface area contributed by atoms with E-state index in [0.717, 1.165) is 31.6 Å². The minimum absolute atomic E-state index is 0.0465. The number of nitrogens with one attached hydrogen (secondary N) is 1. The highest BCUT2D eigenvalue weighted by atomic mass is 16.3. The number of likely N-dealkylation sites (tertiary alicyclic amines) is 1. The Kier molecular flexibility index (Phi) is 4.63. The van der Waals surface area contributed by atoms with Crippen molar-refractivity contribution < 1.29 is 14.7 Å². The van der Waals surface area contributed by atoms with Crippen molar-refractivity contribution in [1.29, 1.82) is 0 Å². The van der Waals surface area contributed by atoms with Crippen molar-refractivity contribution in [2.75, 3.05) is 36.5 Å². The van der Waals surface area contributed by atoms with E-state index in [1.807, 2.05) is 31.2 Å². The molecule has 1 fully saturated rings. The highest BCUT2D eigenvalue weighted by Gasteiger charge is 2.33. The van der Waals surface area contributed by atoms with E-state index in [-0.39, 0.29) is 31.0 Å². The van der Waals surface area contributed by atoms with Crippen molar-refractivity contribution in [1.82, 2.24) is 4.90 Å². The number of piperidine rings is 1. The number of para-hydroxylation sites is 2. The first-order valence-corrected chi connectivity index (χ1v) is 8.15. The normalized spacial score (nSPS) is 20.8. The van der Waals surface area contributed by atoms with Crippen molar-refractivity contribution >= 4 is 23.2 Å². The molecule has 0 aromatic heterocycles. The van der Waals surface area contributed by atoms with Gasteiger partial charge in [0.1, 0.15) is 6.54 Å². The van der Waals surface area contributed by atoms with Crippen LogP contribution in [0.25, 0.3) is 0 Å². The second kappa shape index (κ2) is 6.68. The summed E-state index contributed by atoms with van der Waals surface area (Å²) in [5.74, 6) is 0.132. The summed E-state index contributed by atoms with van der Waals surface area (Å²) in [5.41, 5.74) is 1.44. The summed E-state index contributed by atoms with van der Waals surface area (Å²) in [6.45, 7) is 3.79. The Bertz CT molecular complexity index is 597. The van der Waals surface area contributed by atoms with Gasteiger partial charge in [0.15, 0.2) is 0 Å². The molecule has 124 valence electrons. The summed E-state index contributed by atoms with van der Waals surface area (Å²) in [6.07, 6.45) is 1.82. The summed E-state index contributed by atoms with van der Waals surface area (Å²) in [7, 11) is 0. The fraction of sp³-hybridized carbons (Fsp3) is 0.529. The lowest BCUT2D eigenvalue weighted by molar-refractivity contribution is -0.126. The number of aliphatic hydroxyl groups is 1. The number of carbonyl (C=O) groups excluding carboxylic acids is 2. The average molecular weight is 317 g/mol. The van der Waals surface area contributed by atoms with Crippen molar-refractivity contribution in [3.8, 4) is 0 Å². The van der Waals surface area contributed by atoms with Gasteiger partial charge in [0.05, 0.1) is 17.4 Å². The van der Waals surface area contributed by atoms with Crippen LogP contribution in [0.4, 0.5) is 11.4 Å². The molecule has 1 unspecified atom stereocenters. The fourth-order valence-electron chi connectivity index (χ4n) is 3.33. The number of hydrogen-bond acceptors (Lipinski definition) is 4. The molecule has 1 aromatic rings. The largest absolute Gasteiger partial charge is 0.396 e. The molecule has 6 nitrogen and oxygen atoms in total. The number of anilines is 2. The maximum absolute atomic E-state index is 12.9. The standard InChI is InChI=1S/C17H23N3O3/c1-12(19-8-6-13(11-21)7-9-19)17(23)20-10-16(22)18-14-4-2-3-5-15(14)20/h2-5,12-13,21H,6-11H2,1H3,(H,18,22). The molecule has 0 bridgehead atoms. The summed E-state index contributed by atoms with van der Waals surface area (Å²) >= 11 is 0. The quantitative estimate of drug-likeness (QED) is 0.874. The number of hydrogen-bond donors (Lipinski definition) is 2. The molecule has 1 saturated heterocycles. The van der Waals surface area contributed by atoms with Gasteiger partial charge < -0.3 is 10.4 Å². The van der Waals surface area contributed by atoms with Gasteiger partial charge in [-0.25, -0.2) is 0 Å². The lowest BCUT2D eigenvalue weighted by Gasteiger charge is -2.38. The molecular weight excluding hydrogens is 294 g/mol. The Labute approximate surface area is 136 Å². The van der Waals surface area contributed by atoms with E-state index in [9.17, 15) is 14.7 Å². The van der Waals surface area contributed by atoms with Crippen molar-refractivity contribution in [3.63, 3.8) is 0 Å². The van der Waals surface area contributed by atoms with Gasteiger partial charge >= 0.3 is 0 Å². The molecule has 3 rings (SSSR count). The summed E-state index contributed by atoms with van der Waals surface area (Å²) in [5, 5.41) is 12.0. The van der Waals surface area contributed by atoms with E-state index in [1.165, 1.54) is 0 Å². The third-order valence-corrected chi connectivity index (χ3v) is 4.85. The first kappa shape index (κ1) is 16.0. The molecule has 0 spiro atoms. The lowest BCUT2D eigenvalue weighted by Crippen LogP contribution is -2.53. The third kappa shape index (κ3) is 3.23. The maximum atomic E-state index is 12.9. The van der Waals surface area contributed by atoms with Gasteiger partial charge in [-0.15, -0.1) is 0 Å². The van der Waals surface area contributed by atoms with Crippen molar-refractivity contribution in [2.45, 2.75) is 25.8 Å². The molecule has 2 amide bonds. The molecule has 2 aliphatic rings. The van der Waals surface area contributed by atoms with Gasteiger partial charge in [0, 0.05) is 6.61 Å². The molecule has 1 atom stereocenters. The Hall–Kier alpha value is -1.92. The number of amides is 2. The fourth-order valence-corrected chi connectivity index (χ4v) is 3.33. The Morgan fingerprint density at radius 2 is 2.04 bits per heavy atom. The number of fused-ring (bicyclic) bond motifs is 1. The van der Waals surface area contributed by atoms with E-state index >= 15 is 0 Å². The summed E-state index contributed by atoms with van der Waals surface area (Å²) in [6, 6.07) is 7.11. The molecule has 1 aromatic carbocycles. The van der Waals surface area contributed by atoms with Crippen LogP contribution in [0, 0.1) is 5.92 Å². The first-order valence-electron chi connectivity index (χ1n) is 8.15. The molecule has 2 N–H and O–H groups in total. The van der Waals surface area contributed by atoms with Crippen molar-refractivity contribution in [3.05, 3.63) is 24.3 Å². The number of aliphatic hydroxyl groups excluding tert-OH is 1. The molecular formula is C17H23N3O3. The van der Waals surface area contributed by atoms with Crippen LogP contribution in [0.1, 0.15) is 19.8 Å². The van der Waals surface area contributed by atoms with Crippen LogP contribution < -0.4 is 10.2 Å². The Balaban J connectivity index is 1.74. The van der Waals surface area contributed by atoms with E-state index in [4.69, 9.17) is 0 Å². The monoisotopic (exact) mass is 317 g/mol. The molecule has 0 aliphatic carbocycles. The van der Waals surface area contributed by atoms with Gasteiger partial charge in [0.2, 0.25) is 11.8 Å². The lowest BCUT2D eigenvalue weighted by atomic mass is 9.96. The second-order valence-electron chi connectivity index (χ2n) is 6.33. The minimum atomic E-state index is -0.270. The number of carbonyl (C=O) groups is 2. The maximum Gasteiger partial charge on any atom is 0.244 e. The molecule has 6 heteroatoms. The van der Waals surface area contributed by atoms with E-state index in [0.29, 0.717) is 11.6 Å². The highest BCUT2D eigenvalue weighted by molar-refractivity contribution is 6.11. The molecule has 0 radical (unpaired) electrons. The van der Waals surface area contributed by atoms with Gasteiger partial charge in [-0.1, -0.05) is 12.1 Å². The van der Waals surface area contributed by atoms with Crippen molar-refractivity contribution in [2.24, 2.45) is 5.92 Å². The molecule has 2 aliphatic heterocycles. The SMILES string of the molecule is CC(C(=O)N1CC(=O)Nc2ccccc21)N1CCC(CO)CC1. The van der Waals surface area contributed by atoms with Crippen LogP contribution in [0.2, 0.25) is 0 Å². The number of nitrogens with zero attached hydrogens (tertiary/aromatic N) is 2. The van der Waals surface area contributed by atoms with Crippen LogP contribution >= 0.6 is 0 Å². The van der Waals surface area contributed by atoms with Crippen LogP contribution in [0.3, 0.4) is 0 Å². The van der Waals surface area contributed by atoms with Gasteiger partial charge in [-0.3, -0.25) is 19.4 Å². The van der Waals surface area contributed by atoms with E-state index in [2.05, 4.69) is 10.2 Å². The molecule has 0 saturated carbocycles. The average Bonchev–Trinajstić information content (AvgIpc) is 2.59. The highest BCUT2D eigenvalue weighted by Crippen LogP contribution is 2.30. The van der Waals surface area contributed by atoms with Gasteiger partial charge in [-0.05, 0) is 50.9 Å². The molecule has 23 heavy (non-hydrogen) atoms. The zero-order chi connectivity index (χ0) is 16.4. The predicted molar refractivity (Wildman–Crippen MR) is 88.3 cm³/mol. The van der Waals surface area contributed by atoms with Gasteiger partial charge in [-0.2, -0.15) is 0 Å². The van der Waals surface area contributed by atoms with Crippen LogP contribution in [-0.2, 0) is 9.59 Å². The van der Waals surface area contributed by atoms with Crippen LogP contribution in [-0.4, -0.2) is 54.1 Å². The number of rotatable bonds is 3. The van der Waals surface area contributed by atoms with Crippen LogP contribution in [0.5, 0.6) is 0 Å². The Morgan fingerprint density at radius 3 is 2.74 bits per heavy atom. The van der Waals surface area contributed by atoms with E-state index < -0.39 is 0 Å². The molecule has 2 heterocycles.